The minimum absolute atomic E-state index is 0.0295. The number of benzene rings is 1. The van der Waals surface area contributed by atoms with E-state index in [0.717, 1.165) is 5.56 Å². The van der Waals surface area contributed by atoms with Crippen LogP contribution in [0.5, 0.6) is 0 Å². The summed E-state index contributed by atoms with van der Waals surface area (Å²) in [5.41, 5.74) is 6.45. The van der Waals surface area contributed by atoms with Gasteiger partial charge in [-0.1, -0.05) is 6.07 Å². The number of nitrogens with one attached hydrogen (secondary N) is 1. The van der Waals surface area contributed by atoms with Gasteiger partial charge in [-0.3, -0.25) is 9.00 Å². The van der Waals surface area contributed by atoms with E-state index in [9.17, 15) is 18.4 Å². The van der Waals surface area contributed by atoms with E-state index in [-0.39, 0.29) is 23.6 Å². The number of amides is 1. The third-order valence-corrected chi connectivity index (χ3v) is 3.89. The van der Waals surface area contributed by atoms with Crippen molar-refractivity contribution in [3.63, 3.8) is 0 Å². The molecule has 0 aliphatic heterocycles. The minimum Gasteiger partial charge on any atom is -0.760 e. The van der Waals surface area contributed by atoms with E-state index < -0.39 is 23.1 Å². The highest BCUT2D eigenvalue weighted by atomic mass is 32.2. The molecule has 1 aliphatic carbocycles. The normalized spacial score (nSPS) is 19.1. The molecule has 0 spiro atoms. The lowest BCUT2D eigenvalue weighted by Gasteiger charge is -2.28. The molecule has 108 valence electrons. The largest absolute Gasteiger partial charge is 0.760 e. The number of aryl methyl sites for hydroxylation is 1. The van der Waals surface area contributed by atoms with Crippen molar-refractivity contribution in [1.29, 1.82) is 0 Å². The molecule has 0 saturated carbocycles. The monoisotopic (exact) mass is 297 g/mol. The zero-order valence-corrected chi connectivity index (χ0v) is 11.2. The van der Waals surface area contributed by atoms with Gasteiger partial charge in [-0.05, 0) is 36.5 Å². The third-order valence-electron chi connectivity index (χ3n) is 3.36. The second kappa shape index (κ2) is 5.70. The first-order valence-corrected chi connectivity index (χ1v) is 7.01. The number of rotatable bonds is 4. The Bertz CT molecular complexity index is 602. The van der Waals surface area contributed by atoms with Crippen LogP contribution >= 0.6 is 0 Å². The van der Waals surface area contributed by atoms with Crippen molar-refractivity contribution in [1.82, 2.24) is 4.72 Å². The Morgan fingerprint density at radius 1 is 1.45 bits per heavy atom. The summed E-state index contributed by atoms with van der Waals surface area (Å²) in [6.45, 7) is 0. The van der Waals surface area contributed by atoms with Gasteiger partial charge in [-0.25, -0.2) is 9.52 Å². The second-order valence-electron chi connectivity index (χ2n) is 4.59. The van der Waals surface area contributed by atoms with Crippen molar-refractivity contribution in [3.05, 3.63) is 34.4 Å². The van der Waals surface area contributed by atoms with E-state index in [2.05, 4.69) is 4.72 Å². The molecule has 0 aromatic heterocycles. The number of carboxylic acids is 1. The molecule has 0 fully saturated rings. The van der Waals surface area contributed by atoms with Crippen LogP contribution in [0.4, 0.5) is 0 Å². The summed E-state index contributed by atoms with van der Waals surface area (Å²) in [6.07, 6.45) is 1.40. The molecule has 0 bridgehead atoms. The van der Waals surface area contributed by atoms with E-state index in [4.69, 9.17) is 10.8 Å². The van der Waals surface area contributed by atoms with Crippen molar-refractivity contribution >= 4 is 23.1 Å². The predicted octanol–water partition coefficient (Wildman–Crippen LogP) is -0.275. The molecule has 4 N–H and O–H groups in total. The van der Waals surface area contributed by atoms with Crippen LogP contribution in [0.2, 0.25) is 0 Å². The maximum Gasteiger partial charge on any atom is 0.336 e. The zero-order chi connectivity index (χ0) is 14.9. The summed E-state index contributed by atoms with van der Waals surface area (Å²) < 4.78 is 23.7. The van der Waals surface area contributed by atoms with Crippen molar-refractivity contribution < 1.29 is 23.5 Å². The van der Waals surface area contributed by atoms with Gasteiger partial charge in [0.05, 0.1) is 11.1 Å². The van der Waals surface area contributed by atoms with Gasteiger partial charge in [0.2, 0.25) is 5.91 Å². The second-order valence-corrected chi connectivity index (χ2v) is 5.29. The van der Waals surface area contributed by atoms with Gasteiger partial charge in [0, 0.05) is 17.3 Å². The quantitative estimate of drug-likeness (QED) is 0.658. The Hall–Kier alpha value is -1.77. The first kappa shape index (κ1) is 14.6. The molecule has 7 nitrogen and oxygen atoms in total. The van der Waals surface area contributed by atoms with Crippen molar-refractivity contribution in [2.24, 2.45) is 5.73 Å². The van der Waals surface area contributed by atoms with Crippen LogP contribution < -0.4 is 10.5 Å². The third kappa shape index (κ3) is 2.87. The number of carboxylic acid groups (broad SMARTS) is 1. The molecule has 1 aliphatic rings. The van der Waals surface area contributed by atoms with E-state index in [1.807, 2.05) is 0 Å². The number of aromatic carboxylic acids is 1. The van der Waals surface area contributed by atoms with E-state index >= 15 is 0 Å². The highest BCUT2D eigenvalue weighted by Gasteiger charge is 2.26. The molecule has 1 aromatic carbocycles. The fourth-order valence-corrected chi connectivity index (χ4v) is 3.01. The standard InChI is InChI=1S/C12H14N2O5S/c13-11(15)10-8(12(16)17)4-2-6-1-3-7(5-9(6)10)14-20(18)19/h2,4,7,14H,1,3,5H2,(H2,13,15)(H,16,17)(H,18,19)/p-1. The number of carbonyl (C=O) groups excluding carboxylic acids is 1. The Morgan fingerprint density at radius 2 is 2.15 bits per heavy atom. The maximum atomic E-state index is 11.5. The first-order chi connectivity index (χ1) is 9.40. The summed E-state index contributed by atoms with van der Waals surface area (Å²) >= 11 is -2.40. The lowest BCUT2D eigenvalue weighted by atomic mass is 9.83. The molecule has 8 heteroatoms. The molecular formula is C12H13N2O5S-. The Morgan fingerprint density at radius 3 is 2.70 bits per heavy atom. The molecule has 2 atom stereocenters. The van der Waals surface area contributed by atoms with Crippen molar-refractivity contribution in [2.45, 2.75) is 25.3 Å². The highest BCUT2D eigenvalue weighted by molar-refractivity contribution is 7.77. The number of hydrogen-bond acceptors (Lipinski definition) is 4. The van der Waals surface area contributed by atoms with Crippen molar-refractivity contribution in [3.8, 4) is 0 Å². The smallest absolute Gasteiger partial charge is 0.336 e. The van der Waals surface area contributed by atoms with Gasteiger partial charge in [0.1, 0.15) is 0 Å². The van der Waals surface area contributed by atoms with Crippen LogP contribution in [0.15, 0.2) is 12.1 Å². The number of nitrogens with two attached hydrogens (primary N) is 1. The highest BCUT2D eigenvalue weighted by Crippen LogP contribution is 2.27. The molecular weight excluding hydrogens is 284 g/mol. The molecule has 20 heavy (non-hydrogen) atoms. The Labute approximate surface area is 117 Å². The molecule has 2 rings (SSSR count). The lowest BCUT2D eigenvalue weighted by Crippen LogP contribution is -2.37. The molecule has 2 unspecified atom stereocenters. The summed E-state index contributed by atoms with van der Waals surface area (Å²) in [5, 5.41) is 9.11. The van der Waals surface area contributed by atoms with Gasteiger partial charge >= 0.3 is 5.97 Å². The van der Waals surface area contributed by atoms with Gasteiger partial charge in [0.15, 0.2) is 0 Å². The van der Waals surface area contributed by atoms with Crippen LogP contribution in [-0.4, -0.2) is 31.8 Å². The number of hydrogen-bond donors (Lipinski definition) is 3. The van der Waals surface area contributed by atoms with E-state index in [0.29, 0.717) is 18.4 Å². The molecule has 1 amide bonds. The van der Waals surface area contributed by atoms with Gasteiger partial charge < -0.3 is 15.4 Å². The fraction of sp³-hybridized carbons (Fsp3) is 0.333. The Kier molecular flexibility index (Phi) is 4.17. The average molecular weight is 297 g/mol. The molecule has 0 heterocycles. The van der Waals surface area contributed by atoms with Crippen LogP contribution in [0.1, 0.15) is 38.3 Å². The van der Waals surface area contributed by atoms with Crippen LogP contribution in [0.25, 0.3) is 0 Å². The summed E-state index contributed by atoms with van der Waals surface area (Å²) in [6, 6.07) is 2.65. The topological polar surface area (TPSA) is 133 Å². The summed E-state index contributed by atoms with van der Waals surface area (Å²) in [7, 11) is 0. The lowest BCUT2D eigenvalue weighted by molar-refractivity contribution is 0.0691. The number of fused-ring (bicyclic) bond motifs is 1. The minimum atomic E-state index is -2.40. The number of carbonyl (C=O) groups is 2. The summed E-state index contributed by atoms with van der Waals surface area (Å²) in [5.74, 6) is -2.05. The van der Waals surface area contributed by atoms with Crippen LogP contribution in [0, 0.1) is 0 Å². The van der Waals surface area contributed by atoms with Gasteiger partial charge in [0.25, 0.3) is 0 Å². The fourth-order valence-electron chi connectivity index (χ4n) is 2.53. The maximum absolute atomic E-state index is 11.5. The molecule has 0 saturated heterocycles. The average Bonchev–Trinajstić information content (AvgIpc) is 2.35. The van der Waals surface area contributed by atoms with Gasteiger partial charge in [-0.15, -0.1) is 0 Å². The number of primary amides is 1. The molecule has 1 aromatic rings. The van der Waals surface area contributed by atoms with E-state index in [1.165, 1.54) is 6.07 Å². The zero-order valence-electron chi connectivity index (χ0n) is 10.4. The van der Waals surface area contributed by atoms with Crippen molar-refractivity contribution in [2.75, 3.05) is 0 Å². The predicted molar refractivity (Wildman–Crippen MR) is 69.8 cm³/mol. The first-order valence-electron chi connectivity index (χ1n) is 5.93. The summed E-state index contributed by atoms with van der Waals surface area (Å²) in [4.78, 5) is 22.7. The van der Waals surface area contributed by atoms with Crippen LogP contribution in [0.3, 0.4) is 0 Å². The van der Waals surface area contributed by atoms with E-state index in [1.54, 1.807) is 6.07 Å². The Balaban J connectivity index is 2.47. The molecule has 0 radical (unpaired) electrons. The van der Waals surface area contributed by atoms with Gasteiger partial charge in [-0.2, -0.15) is 0 Å². The SMILES string of the molecule is NC(=O)c1c(C(=O)O)ccc2c1CC(NS(=O)[O-])CC2. The van der Waals surface area contributed by atoms with Crippen LogP contribution in [-0.2, 0) is 24.1 Å².